The largest absolute Gasteiger partial charge is 0.465 e. The van der Waals surface area contributed by atoms with Gasteiger partial charge in [0.25, 0.3) is 0 Å². The van der Waals surface area contributed by atoms with Crippen LogP contribution in [0.3, 0.4) is 0 Å². The van der Waals surface area contributed by atoms with Gasteiger partial charge >= 0.3 is 16.1 Å². The van der Waals surface area contributed by atoms with Crippen LogP contribution in [0.15, 0.2) is 77.4 Å². The number of carbonyl (C=O) groups is 2. The summed E-state index contributed by atoms with van der Waals surface area (Å²) in [7, 11) is -2.91. The number of hydrogen-bond acceptors (Lipinski definition) is 7. The van der Waals surface area contributed by atoms with E-state index in [1.165, 1.54) is 31.4 Å². The van der Waals surface area contributed by atoms with Crippen molar-refractivity contribution in [3.05, 3.63) is 95.0 Å². The summed E-state index contributed by atoms with van der Waals surface area (Å²) in [6.07, 6.45) is 1.50. The highest BCUT2D eigenvalue weighted by Crippen LogP contribution is 2.35. The molecule has 1 aliphatic heterocycles. The molecule has 32 heavy (non-hydrogen) atoms. The Morgan fingerprint density at radius 1 is 1.00 bits per heavy atom. The highest BCUT2D eigenvalue weighted by atomic mass is 32.2. The zero-order valence-corrected chi connectivity index (χ0v) is 17.4. The molecule has 162 valence electrons. The summed E-state index contributed by atoms with van der Waals surface area (Å²) in [4.78, 5) is 23.9. The van der Waals surface area contributed by atoms with Crippen LogP contribution in [0.25, 0.3) is 6.08 Å². The molecule has 1 heterocycles. The summed E-state index contributed by atoms with van der Waals surface area (Å²) >= 11 is 0. The second kappa shape index (κ2) is 8.27. The van der Waals surface area contributed by atoms with E-state index in [9.17, 15) is 22.4 Å². The first-order valence-corrected chi connectivity index (χ1v) is 10.6. The summed E-state index contributed by atoms with van der Waals surface area (Å²) in [5.74, 6) is -1.33. The molecule has 4 rings (SSSR count). The first-order valence-electron chi connectivity index (χ1n) is 9.23. The van der Waals surface area contributed by atoms with Crippen LogP contribution in [0.2, 0.25) is 0 Å². The Morgan fingerprint density at radius 3 is 2.34 bits per heavy atom. The lowest BCUT2D eigenvalue weighted by molar-refractivity contribution is 0.0600. The molecule has 0 radical (unpaired) electrons. The predicted molar refractivity (Wildman–Crippen MR) is 111 cm³/mol. The maximum Gasteiger partial charge on any atom is 0.339 e. The molecule has 7 nitrogen and oxygen atoms in total. The third kappa shape index (κ3) is 4.23. The lowest BCUT2D eigenvalue weighted by Crippen LogP contribution is -2.09. The van der Waals surface area contributed by atoms with Gasteiger partial charge in [-0.05, 0) is 60.2 Å². The minimum Gasteiger partial charge on any atom is -0.465 e. The second-order valence-electron chi connectivity index (χ2n) is 6.70. The molecule has 0 spiro atoms. The normalized spacial score (nSPS) is 14.1. The molecule has 3 aromatic carbocycles. The van der Waals surface area contributed by atoms with Gasteiger partial charge in [-0.15, -0.1) is 0 Å². The zero-order valence-electron chi connectivity index (χ0n) is 16.6. The van der Waals surface area contributed by atoms with Crippen molar-refractivity contribution in [2.24, 2.45) is 0 Å². The highest BCUT2D eigenvalue weighted by Gasteiger charge is 2.28. The fourth-order valence-corrected chi connectivity index (χ4v) is 3.90. The van der Waals surface area contributed by atoms with Crippen LogP contribution >= 0.6 is 0 Å². The SMILES string of the molecule is COC(=O)c1ccc(C=C2Oc3cc(OS(=O)(=O)c4ccc(F)cc4)ccc3C2=O)cc1. The van der Waals surface area contributed by atoms with Crippen LogP contribution in [0.4, 0.5) is 4.39 Å². The standard InChI is InChI=1S/C23H15FO7S/c1-29-23(26)15-4-2-14(3-5-15)12-21-22(25)19-11-8-17(13-20(19)30-21)31-32(27,28)18-9-6-16(24)7-10-18/h2-13H,1H3. The summed E-state index contributed by atoms with van der Waals surface area (Å²) in [5.41, 5.74) is 1.22. The van der Waals surface area contributed by atoms with Gasteiger partial charge in [0, 0.05) is 6.07 Å². The monoisotopic (exact) mass is 454 g/mol. The van der Waals surface area contributed by atoms with Gasteiger partial charge in [-0.1, -0.05) is 12.1 Å². The van der Waals surface area contributed by atoms with Gasteiger partial charge in [0.05, 0.1) is 18.2 Å². The fourth-order valence-electron chi connectivity index (χ4n) is 2.98. The van der Waals surface area contributed by atoms with E-state index in [4.69, 9.17) is 8.92 Å². The van der Waals surface area contributed by atoms with Crippen molar-refractivity contribution in [2.75, 3.05) is 7.11 Å². The molecule has 0 unspecified atom stereocenters. The van der Waals surface area contributed by atoms with Crippen LogP contribution in [-0.4, -0.2) is 27.3 Å². The van der Waals surface area contributed by atoms with Crippen molar-refractivity contribution < 1.29 is 36.1 Å². The minimum atomic E-state index is -4.20. The van der Waals surface area contributed by atoms with Crippen LogP contribution in [0.1, 0.15) is 26.3 Å². The topological polar surface area (TPSA) is 96.0 Å². The molecule has 9 heteroatoms. The number of ether oxygens (including phenoxy) is 2. The van der Waals surface area contributed by atoms with Gasteiger partial charge in [-0.3, -0.25) is 4.79 Å². The molecule has 0 amide bonds. The van der Waals surface area contributed by atoms with E-state index < -0.39 is 21.9 Å². The molecule has 0 atom stereocenters. The molecule has 0 fully saturated rings. The first-order chi connectivity index (χ1) is 15.3. The first kappa shape index (κ1) is 21.3. The summed E-state index contributed by atoms with van der Waals surface area (Å²) in [6, 6.07) is 14.6. The molecular weight excluding hydrogens is 439 g/mol. The maximum absolute atomic E-state index is 13.0. The zero-order chi connectivity index (χ0) is 22.9. The third-order valence-electron chi connectivity index (χ3n) is 4.58. The number of fused-ring (bicyclic) bond motifs is 1. The van der Waals surface area contributed by atoms with Gasteiger partial charge in [-0.2, -0.15) is 8.42 Å². The number of carbonyl (C=O) groups excluding carboxylic acids is 2. The van der Waals surface area contributed by atoms with E-state index in [0.29, 0.717) is 11.1 Å². The molecule has 0 aromatic heterocycles. The maximum atomic E-state index is 13.0. The van der Waals surface area contributed by atoms with Crippen LogP contribution in [-0.2, 0) is 14.9 Å². The lowest BCUT2D eigenvalue weighted by atomic mass is 10.1. The number of allylic oxidation sites excluding steroid dienone is 1. The Morgan fingerprint density at radius 2 is 1.69 bits per heavy atom. The highest BCUT2D eigenvalue weighted by molar-refractivity contribution is 7.87. The number of ketones is 1. The number of Topliss-reactive ketones (excluding diaryl/α,β-unsaturated/α-hetero) is 1. The van der Waals surface area contributed by atoms with E-state index in [1.54, 1.807) is 24.3 Å². The Hall–Kier alpha value is -3.98. The van der Waals surface area contributed by atoms with E-state index in [1.807, 2.05) is 0 Å². The van der Waals surface area contributed by atoms with Gasteiger partial charge in [0.15, 0.2) is 5.76 Å². The van der Waals surface area contributed by atoms with Gasteiger partial charge in [0.2, 0.25) is 5.78 Å². The molecule has 0 N–H and O–H groups in total. The average molecular weight is 454 g/mol. The van der Waals surface area contributed by atoms with Gasteiger partial charge in [0.1, 0.15) is 22.2 Å². The summed E-state index contributed by atoms with van der Waals surface area (Å²) in [5, 5.41) is 0. The predicted octanol–water partition coefficient (Wildman–Crippen LogP) is 4.00. The number of rotatable bonds is 5. The molecule has 0 saturated heterocycles. The van der Waals surface area contributed by atoms with Crippen molar-refractivity contribution in [3.8, 4) is 11.5 Å². The second-order valence-corrected chi connectivity index (χ2v) is 8.25. The Kier molecular flexibility index (Phi) is 5.50. The van der Waals surface area contributed by atoms with Crippen LogP contribution < -0.4 is 8.92 Å². The molecular formula is C23H15FO7S. The average Bonchev–Trinajstić information content (AvgIpc) is 3.08. The van der Waals surface area contributed by atoms with E-state index >= 15 is 0 Å². The Bertz CT molecular complexity index is 1340. The van der Waals surface area contributed by atoms with Crippen LogP contribution in [0, 0.1) is 5.82 Å². The third-order valence-corrected chi connectivity index (χ3v) is 5.84. The van der Waals surface area contributed by atoms with Gasteiger partial charge < -0.3 is 13.7 Å². The number of halogens is 1. The Balaban J connectivity index is 1.55. The smallest absolute Gasteiger partial charge is 0.339 e. The summed E-state index contributed by atoms with van der Waals surface area (Å²) in [6.45, 7) is 0. The van der Waals surface area contributed by atoms with Crippen molar-refractivity contribution in [1.82, 2.24) is 0 Å². The Labute approximate surface area is 182 Å². The van der Waals surface area contributed by atoms with Crippen LogP contribution in [0.5, 0.6) is 11.5 Å². The van der Waals surface area contributed by atoms with E-state index in [2.05, 4.69) is 4.74 Å². The van der Waals surface area contributed by atoms with Gasteiger partial charge in [-0.25, -0.2) is 9.18 Å². The van der Waals surface area contributed by atoms with Crippen molar-refractivity contribution >= 4 is 27.9 Å². The minimum absolute atomic E-state index is 0.0318. The number of hydrogen-bond donors (Lipinski definition) is 0. The van der Waals surface area contributed by atoms with Crippen molar-refractivity contribution in [2.45, 2.75) is 4.90 Å². The fraction of sp³-hybridized carbons (Fsp3) is 0.0435. The molecule has 1 aliphatic rings. The number of esters is 1. The molecule has 0 bridgehead atoms. The number of benzene rings is 3. The van der Waals surface area contributed by atoms with Crippen molar-refractivity contribution in [1.29, 1.82) is 0 Å². The molecule has 0 aliphatic carbocycles. The quantitative estimate of drug-likeness (QED) is 0.327. The molecule has 3 aromatic rings. The summed E-state index contributed by atoms with van der Waals surface area (Å²) < 4.78 is 53.1. The van der Waals surface area contributed by atoms with E-state index in [-0.39, 0.29) is 33.5 Å². The number of methoxy groups -OCH3 is 1. The molecule has 0 saturated carbocycles. The van der Waals surface area contributed by atoms with E-state index in [0.717, 1.165) is 24.3 Å². The lowest BCUT2D eigenvalue weighted by Gasteiger charge is -2.08. The van der Waals surface area contributed by atoms with Crippen molar-refractivity contribution in [3.63, 3.8) is 0 Å².